The first-order chi connectivity index (χ1) is 12.8. The smallest absolute Gasteiger partial charge is 0.218 e. The van der Waals surface area contributed by atoms with Crippen molar-refractivity contribution in [3.63, 3.8) is 0 Å². The lowest BCUT2D eigenvalue weighted by Gasteiger charge is -2.16. The second-order valence-corrected chi connectivity index (χ2v) is 7.84. The first kappa shape index (κ1) is 23.0. The summed E-state index contributed by atoms with van der Waals surface area (Å²) in [4.78, 5) is 27.6. The number of carbonyl (C=O) groups excluding carboxylic acids is 2. The molecule has 1 aliphatic rings. The van der Waals surface area contributed by atoms with Crippen molar-refractivity contribution in [1.82, 2.24) is 4.90 Å². The molecule has 1 aliphatic heterocycles. The number of nitrogens with zero attached hydrogens (tertiary/aromatic N) is 1. The molecular formula is C19H15Cl5N2O2. The molecule has 0 bridgehead atoms. The summed E-state index contributed by atoms with van der Waals surface area (Å²) in [5.74, 6) is -0.208. The normalized spacial score (nSPS) is 15.4. The van der Waals surface area contributed by atoms with Crippen molar-refractivity contribution in [3.05, 3.63) is 80.0 Å². The highest BCUT2D eigenvalue weighted by atomic mass is 35.5. The highest BCUT2D eigenvalue weighted by molar-refractivity contribution is 6.37. The van der Waals surface area contributed by atoms with Gasteiger partial charge >= 0.3 is 0 Å². The summed E-state index contributed by atoms with van der Waals surface area (Å²) in [6, 6.07) is 9.59. The first-order valence-electron chi connectivity index (χ1n) is 8.07. The van der Waals surface area contributed by atoms with Gasteiger partial charge in [-0.15, -0.1) is 0 Å². The number of quaternary nitrogens is 1. The van der Waals surface area contributed by atoms with E-state index in [0.717, 1.165) is 4.90 Å². The van der Waals surface area contributed by atoms with Crippen LogP contribution in [0.5, 0.6) is 0 Å². The second-order valence-electron chi connectivity index (χ2n) is 6.15. The van der Waals surface area contributed by atoms with Gasteiger partial charge < -0.3 is 17.3 Å². The average Bonchev–Trinajstić information content (AvgIpc) is 3.01. The van der Waals surface area contributed by atoms with Crippen molar-refractivity contribution >= 4 is 58.0 Å². The van der Waals surface area contributed by atoms with Gasteiger partial charge in [0.05, 0.1) is 22.8 Å². The van der Waals surface area contributed by atoms with Gasteiger partial charge in [-0.2, -0.15) is 0 Å². The Balaban J connectivity index is 0.00000280. The maximum atomic E-state index is 12.5. The van der Waals surface area contributed by atoms with E-state index >= 15 is 0 Å². The molecule has 4 nitrogen and oxygen atoms in total. The third-order valence-electron chi connectivity index (χ3n) is 4.12. The molecule has 0 saturated heterocycles. The van der Waals surface area contributed by atoms with E-state index in [-0.39, 0.29) is 37.1 Å². The SMILES string of the molecule is O=C(CN1C=C[NH+](CC(=O)c2ccc(Cl)cc2Cl)C1)c1ccc(Cl)cc1Cl.[Cl-]. The number of nitrogens with one attached hydrogen (secondary N) is 1. The van der Waals surface area contributed by atoms with Gasteiger partial charge in [0.2, 0.25) is 5.78 Å². The van der Waals surface area contributed by atoms with Crippen molar-refractivity contribution in [3.8, 4) is 0 Å². The molecule has 0 radical (unpaired) electrons. The van der Waals surface area contributed by atoms with Crippen molar-refractivity contribution in [2.45, 2.75) is 0 Å². The highest BCUT2D eigenvalue weighted by Crippen LogP contribution is 2.22. The average molecular weight is 481 g/mol. The molecule has 148 valence electrons. The van der Waals surface area contributed by atoms with Crippen LogP contribution >= 0.6 is 46.4 Å². The molecule has 3 rings (SSSR count). The number of halogens is 5. The van der Waals surface area contributed by atoms with Gasteiger partial charge in [-0.1, -0.05) is 46.4 Å². The zero-order chi connectivity index (χ0) is 19.6. The van der Waals surface area contributed by atoms with Crippen LogP contribution in [0.25, 0.3) is 0 Å². The molecule has 1 atom stereocenters. The molecule has 2 aromatic carbocycles. The van der Waals surface area contributed by atoms with E-state index < -0.39 is 0 Å². The molecule has 0 amide bonds. The molecule has 1 N–H and O–H groups in total. The Morgan fingerprint density at radius 3 is 1.96 bits per heavy atom. The van der Waals surface area contributed by atoms with Crippen LogP contribution in [-0.2, 0) is 0 Å². The maximum absolute atomic E-state index is 12.5. The fraction of sp³-hybridized carbons (Fsp3) is 0.158. The van der Waals surface area contributed by atoms with Crippen molar-refractivity contribution < 1.29 is 26.9 Å². The van der Waals surface area contributed by atoms with Crippen LogP contribution in [0.4, 0.5) is 0 Å². The lowest BCUT2D eigenvalue weighted by molar-refractivity contribution is -0.839. The fourth-order valence-electron chi connectivity index (χ4n) is 2.80. The molecule has 0 aromatic heterocycles. The monoisotopic (exact) mass is 478 g/mol. The molecule has 0 fully saturated rings. The summed E-state index contributed by atoms with van der Waals surface area (Å²) < 4.78 is 0. The first-order valence-corrected chi connectivity index (χ1v) is 9.58. The molecule has 2 aromatic rings. The number of Topliss-reactive ketones (excluding diaryl/α,β-unsaturated/α-hetero) is 2. The van der Waals surface area contributed by atoms with Crippen LogP contribution in [0.1, 0.15) is 20.7 Å². The van der Waals surface area contributed by atoms with E-state index in [9.17, 15) is 9.59 Å². The van der Waals surface area contributed by atoms with Gasteiger partial charge in [-0.05, 0) is 36.4 Å². The summed E-state index contributed by atoms with van der Waals surface area (Å²) in [6.07, 6.45) is 3.65. The van der Waals surface area contributed by atoms with Crippen LogP contribution < -0.4 is 17.3 Å². The lowest BCUT2D eigenvalue weighted by atomic mass is 10.1. The Morgan fingerprint density at radius 1 is 0.893 bits per heavy atom. The number of ketones is 2. The largest absolute Gasteiger partial charge is 1.00 e. The topological polar surface area (TPSA) is 41.8 Å². The fourth-order valence-corrected chi connectivity index (χ4v) is 3.83. The molecule has 1 heterocycles. The van der Waals surface area contributed by atoms with E-state index in [2.05, 4.69) is 0 Å². The molecule has 0 saturated carbocycles. The highest BCUT2D eigenvalue weighted by Gasteiger charge is 2.24. The Labute approximate surface area is 189 Å². The van der Waals surface area contributed by atoms with E-state index in [1.165, 1.54) is 0 Å². The molecular weight excluding hydrogens is 465 g/mol. The van der Waals surface area contributed by atoms with Crippen LogP contribution in [0, 0.1) is 0 Å². The van der Waals surface area contributed by atoms with Gasteiger partial charge in [0.1, 0.15) is 12.7 Å². The van der Waals surface area contributed by atoms with E-state index in [0.29, 0.717) is 37.9 Å². The lowest BCUT2D eigenvalue weighted by Crippen LogP contribution is -3.08. The van der Waals surface area contributed by atoms with Crippen molar-refractivity contribution in [2.75, 3.05) is 19.8 Å². The number of hydrogen-bond donors (Lipinski definition) is 1. The van der Waals surface area contributed by atoms with Gasteiger partial charge in [-0.3, -0.25) is 14.5 Å². The number of benzene rings is 2. The van der Waals surface area contributed by atoms with E-state index in [1.807, 2.05) is 11.1 Å². The summed E-state index contributed by atoms with van der Waals surface area (Å²) in [5, 5.41) is 1.62. The van der Waals surface area contributed by atoms with Crippen LogP contribution in [0.15, 0.2) is 48.8 Å². The number of carbonyl (C=O) groups is 2. The maximum Gasteiger partial charge on any atom is 0.218 e. The van der Waals surface area contributed by atoms with Crippen LogP contribution in [0.2, 0.25) is 20.1 Å². The predicted molar refractivity (Wildman–Crippen MR) is 108 cm³/mol. The Hall–Kier alpha value is -1.27. The van der Waals surface area contributed by atoms with Crippen molar-refractivity contribution in [1.29, 1.82) is 0 Å². The third-order valence-corrected chi connectivity index (χ3v) is 5.22. The minimum absolute atomic E-state index is 0. The van der Waals surface area contributed by atoms with Crippen LogP contribution in [0.3, 0.4) is 0 Å². The third kappa shape index (κ3) is 5.63. The quantitative estimate of drug-likeness (QED) is 0.628. The van der Waals surface area contributed by atoms with Crippen LogP contribution in [-0.4, -0.2) is 36.2 Å². The Morgan fingerprint density at radius 2 is 1.43 bits per heavy atom. The Kier molecular flexibility index (Phi) is 8.19. The van der Waals surface area contributed by atoms with E-state index in [4.69, 9.17) is 46.4 Å². The predicted octanol–water partition coefficient (Wildman–Crippen LogP) is 0.999. The molecule has 0 spiro atoms. The van der Waals surface area contributed by atoms with Gasteiger partial charge in [-0.25, -0.2) is 0 Å². The summed E-state index contributed by atoms with van der Waals surface area (Å²) >= 11 is 23.9. The Bertz CT molecular complexity index is 859. The zero-order valence-corrected chi connectivity index (χ0v) is 18.2. The summed E-state index contributed by atoms with van der Waals surface area (Å²) in [5.41, 5.74) is 0.858. The second kappa shape index (κ2) is 9.97. The standard InChI is InChI=1S/C19H14Cl4N2O2.ClH/c20-12-1-3-14(16(22)7-12)18(26)9-24-5-6-25(11-24)10-19(27)15-4-2-13(21)8-17(15)23;/h1-8H,9-11H2;1H. The van der Waals surface area contributed by atoms with E-state index in [1.54, 1.807) is 42.6 Å². The summed E-state index contributed by atoms with van der Waals surface area (Å²) in [6.45, 7) is 0.884. The van der Waals surface area contributed by atoms with Gasteiger partial charge in [0.25, 0.3) is 0 Å². The van der Waals surface area contributed by atoms with Gasteiger partial charge in [0, 0.05) is 21.2 Å². The minimum atomic E-state index is -0.116. The summed E-state index contributed by atoms with van der Waals surface area (Å²) in [7, 11) is 0. The van der Waals surface area contributed by atoms with Crippen molar-refractivity contribution in [2.24, 2.45) is 0 Å². The number of rotatable bonds is 6. The molecule has 9 heteroatoms. The number of hydrogen-bond acceptors (Lipinski definition) is 3. The molecule has 28 heavy (non-hydrogen) atoms. The van der Waals surface area contributed by atoms with Gasteiger partial charge in [0.15, 0.2) is 12.5 Å². The zero-order valence-electron chi connectivity index (χ0n) is 14.4. The minimum Gasteiger partial charge on any atom is -1.00 e. The molecule has 0 aliphatic carbocycles. The molecule has 1 unspecified atom stereocenters.